The van der Waals surface area contributed by atoms with Crippen LogP contribution in [0.1, 0.15) is 86.1 Å². The van der Waals surface area contributed by atoms with Gasteiger partial charge in [-0.3, -0.25) is 0 Å². The molecule has 154 valence electrons. The molecule has 0 radical (unpaired) electrons. The van der Waals surface area contributed by atoms with Crippen LogP contribution in [0.15, 0.2) is 33.6 Å². The molecule has 2 N–H and O–H groups in total. The number of carbonyl (C=O) groups is 1. The normalized spacial score (nSPS) is 25.6. The molecule has 29 heavy (non-hydrogen) atoms. The van der Waals surface area contributed by atoms with E-state index in [1.54, 1.807) is 12.1 Å². The van der Waals surface area contributed by atoms with Crippen molar-refractivity contribution < 1.29 is 21.8 Å². The molecular weight excluding hydrogens is 392 g/mol. The van der Waals surface area contributed by atoms with Crippen LogP contribution in [0.25, 0.3) is 0 Å². The number of amides is 1. The van der Waals surface area contributed by atoms with Crippen LogP contribution in [0.5, 0.6) is 0 Å². The van der Waals surface area contributed by atoms with Crippen molar-refractivity contribution >= 4 is 16.2 Å². The van der Waals surface area contributed by atoms with Gasteiger partial charge in [-0.25, -0.2) is 9.78 Å². The van der Waals surface area contributed by atoms with Gasteiger partial charge in [0, 0.05) is 23.7 Å². The average Bonchev–Trinajstić information content (AvgIpc) is 3.54. The van der Waals surface area contributed by atoms with Gasteiger partial charge in [-0.05, 0) is 48.8 Å². The van der Waals surface area contributed by atoms with Crippen molar-refractivity contribution in [2.75, 3.05) is 0 Å². The zero-order valence-electron chi connectivity index (χ0n) is 16.4. The number of benzene rings is 1. The molecule has 2 atom stereocenters. The Hall–Kier alpha value is -2.35. The van der Waals surface area contributed by atoms with Crippen molar-refractivity contribution in [2.45, 2.75) is 68.1 Å². The lowest BCUT2D eigenvalue weighted by molar-refractivity contribution is 0.212. The van der Waals surface area contributed by atoms with Crippen LogP contribution in [0.2, 0.25) is 0 Å². The monoisotopic (exact) mass is 416 g/mol. The van der Waals surface area contributed by atoms with Crippen molar-refractivity contribution in [1.82, 2.24) is 4.98 Å². The topological polar surface area (TPSA) is 112 Å². The molecule has 8 heteroatoms. The second kappa shape index (κ2) is 6.08. The SMILES string of the molecule is CC1(C)[C@H](c2ccc(S(=O)(=O)OC(N)=O)cc2)[C@H]1c1nc(C2CC2)c(C2CC2)o1. The van der Waals surface area contributed by atoms with Gasteiger partial charge in [0.15, 0.2) is 5.89 Å². The molecule has 1 heterocycles. The summed E-state index contributed by atoms with van der Waals surface area (Å²) in [4.78, 5) is 15.6. The zero-order valence-corrected chi connectivity index (χ0v) is 17.2. The molecule has 3 aliphatic carbocycles. The molecule has 0 bridgehead atoms. The van der Waals surface area contributed by atoms with Gasteiger partial charge in [0.2, 0.25) is 0 Å². The van der Waals surface area contributed by atoms with E-state index in [0.29, 0.717) is 11.8 Å². The Labute approximate surface area is 169 Å². The molecule has 0 unspecified atom stereocenters. The lowest BCUT2D eigenvalue weighted by Gasteiger charge is -2.06. The maximum Gasteiger partial charge on any atom is 0.420 e. The number of aromatic nitrogens is 1. The third kappa shape index (κ3) is 3.23. The molecule has 2 aromatic rings. The Balaban J connectivity index is 1.41. The van der Waals surface area contributed by atoms with E-state index in [1.165, 1.54) is 43.5 Å². The van der Waals surface area contributed by atoms with Crippen LogP contribution in [-0.2, 0) is 14.3 Å². The van der Waals surface area contributed by atoms with E-state index in [0.717, 1.165) is 17.2 Å². The first-order valence-electron chi connectivity index (χ1n) is 10.0. The lowest BCUT2D eigenvalue weighted by Crippen LogP contribution is -2.18. The number of nitrogens with two attached hydrogens (primary N) is 1. The maximum absolute atomic E-state index is 12.0. The van der Waals surface area contributed by atoms with Crippen LogP contribution in [0.4, 0.5) is 4.79 Å². The van der Waals surface area contributed by atoms with Gasteiger partial charge < -0.3 is 14.3 Å². The van der Waals surface area contributed by atoms with Gasteiger partial charge in [-0.2, -0.15) is 8.42 Å². The van der Waals surface area contributed by atoms with Gasteiger partial charge >= 0.3 is 16.2 Å². The molecular formula is C21H24N2O5S. The van der Waals surface area contributed by atoms with Crippen LogP contribution in [0.3, 0.4) is 0 Å². The van der Waals surface area contributed by atoms with E-state index in [9.17, 15) is 13.2 Å². The average molecular weight is 416 g/mol. The summed E-state index contributed by atoms with van der Waals surface area (Å²) in [5.41, 5.74) is 6.99. The smallest absolute Gasteiger partial charge is 0.420 e. The molecule has 3 saturated carbocycles. The largest absolute Gasteiger partial charge is 0.445 e. The van der Waals surface area contributed by atoms with Crippen molar-refractivity contribution in [3.05, 3.63) is 47.2 Å². The van der Waals surface area contributed by atoms with Crippen LogP contribution >= 0.6 is 0 Å². The first-order chi connectivity index (χ1) is 13.7. The highest BCUT2D eigenvalue weighted by Crippen LogP contribution is 2.70. The molecule has 1 aromatic heterocycles. The van der Waals surface area contributed by atoms with Crippen molar-refractivity contribution in [1.29, 1.82) is 0 Å². The number of carbonyl (C=O) groups excluding carboxylic acids is 1. The first kappa shape index (κ1) is 18.7. The van der Waals surface area contributed by atoms with Gasteiger partial charge in [0.05, 0.1) is 5.69 Å². The molecule has 7 nitrogen and oxygen atoms in total. The van der Waals surface area contributed by atoms with Crippen molar-refractivity contribution in [3.8, 4) is 0 Å². The van der Waals surface area contributed by atoms with Crippen molar-refractivity contribution in [3.63, 3.8) is 0 Å². The molecule has 0 saturated heterocycles. The second-order valence-corrected chi connectivity index (χ2v) is 10.6. The summed E-state index contributed by atoms with van der Waals surface area (Å²) >= 11 is 0. The Bertz CT molecular complexity index is 1050. The van der Waals surface area contributed by atoms with E-state index in [1.807, 2.05) is 0 Å². The van der Waals surface area contributed by atoms with E-state index >= 15 is 0 Å². The number of hydrogen-bond donors (Lipinski definition) is 1. The number of primary amides is 1. The number of rotatable bonds is 6. The van der Waals surface area contributed by atoms with Gasteiger partial charge in [0.1, 0.15) is 10.7 Å². The fourth-order valence-corrected chi connectivity index (χ4v) is 5.28. The number of hydrogen-bond acceptors (Lipinski definition) is 6. The molecule has 0 aliphatic heterocycles. The maximum atomic E-state index is 12.0. The Morgan fingerprint density at radius 1 is 1.10 bits per heavy atom. The summed E-state index contributed by atoms with van der Waals surface area (Å²) in [5, 5.41) is 0. The second-order valence-electron chi connectivity index (χ2n) is 9.05. The summed E-state index contributed by atoms with van der Waals surface area (Å²) in [6.07, 6.45) is 3.43. The molecule has 1 aromatic carbocycles. The molecule has 5 rings (SSSR count). The molecule has 0 spiro atoms. The number of oxazole rings is 1. The number of nitrogens with zero attached hydrogens (tertiary/aromatic N) is 1. The fourth-order valence-electron chi connectivity index (χ4n) is 4.50. The summed E-state index contributed by atoms with van der Waals surface area (Å²) in [6.45, 7) is 4.36. The Kier molecular flexibility index (Phi) is 3.91. The minimum atomic E-state index is -4.19. The highest BCUT2D eigenvalue weighted by Gasteiger charge is 2.62. The summed E-state index contributed by atoms with van der Waals surface area (Å²) in [5.74, 6) is 3.39. The Morgan fingerprint density at radius 3 is 2.28 bits per heavy atom. The van der Waals surface area contributed by atoms with E-state index in [-0.39, 0.29) is 22.1 Å². The summed E-state index contributed by atoms with van der Waals surface area (Å²) in [7, 11) is -4.19. The molecule has 3 aliphatic rings. The predicted molar refractivity (Wildman–Crippen MR) is 104 cm³/mol. The van der Waals surface area contributed by atoms with Crippen LogP contribution in [-0.4, -0.2) is 19.5 Å². The van der Waals surface area contributed by atoms with Crippen LogP contribution in [0, 0.1) is 5.41 Å². The van der Waals surface area contributed by atoms with Crippen molar-refractivity contribution in [2.24, 2.45) is 11.1 Å². The third-order valence-corrected chi connectivity index (χ3v) is 7.66. The molecule has 3 fully saturated rings. The van der Waals surface area contributed by atoms with Gasteiger partial charge in [0.25, 0.3) is 0 Å². The predicted octanol–water partition coefficient (Wildman–Crippen LogP) is 4.12. The van der Waals surface area contributed by atoms with E-state index in [4.69, 9.17) is 15.1 Å². The third-order valence-electron chi connectivity index (χ3n) is 6.42. The first-order valence-corrected chi connectivity index (χ1v) is 11.4. The van der Waals surface area contributed by atoms with E-state index < -0.39 is 16.2 Å². The van der Waals surface area contributed by atoms with E-state index in [2.05, 4.69) is 18.0 Å². The molecule has 1 amide bonds. The Morgan fingerprint density at radius 2 is 1.72 bits per heavy atom. The lowest BCUT2D eigenvalue weighted by atomic mass is 10.0. The zero-order chi connectivity index (χ0) is 20.6. The highest BCUT2D eigenvalue weighted by atomic mass is 32.2. The fraction of sp³-hybridized carbons (Fsp3) is 0.524. The minimum Gasteiger partial charge on any atom is -0.445 e. The standard InChI is InChI=1S/C21H24N2O5S/c1-21(2)15(11-7-9-14(10-8-11)29(25,26)28-20(22)24)16(21)19-23-17(12-3-4-12)18(27-19)13-5-6-13/h7-10,12-13,15-16H,3-6H2,1-2H3,(H2,22,24)/t15-,16+/m1/s1. The quantitative estimate of drug-likeness (QED) is 0.709. The van der Waals surface area contributed by atoms with Crippen LogP contribution < -0.4 is 5.73 Å². The minimum absolute atomic E-state index is 0.0311. The van der Waals surface area contributed by atoms with Gasteiger partial charge in [-0.1, -0.05) is 26.0 Å². The highest BCUT2D eigenvalue weighted by molar-refractivity contribution is 7.87. The summed E-state index contributed by atoms with van der Waals surface area (Å²) in [6, 6.07) is 6.41. The summed E-state index contributed by atoms with van der Waals surface area (Å²) < 4.78 is 34.5. The van der Waals surface area contributed by atoms with Gasteiger partial charge in [-0.15, -0.1) is 0 Å².